The molecule has 1 aromatic heterocycles. The molecule has 3 rings (SSSR count). The molecule has 2 aromatic rings. The maximum Gasteiger partial charge on any atom is 0.331 e. The maximum absolute atomic E-state index is 12.8. The number of rotatable bonds is 10. The Morgan fingerprint density at radius 2 is 2.03 bits per heavy atom. The van der Waals surface area contributed by atoms with Gasteiger partial charge in [-0.25, -0.2) is 9.78 Å². The molecule has 1 aliphatic rings. The second kappa shape index (κ2) is 11.3. The zero-order valence-electron chi connectivity index (χ0n) is 17.8. The van der Waals surface area contributed by atoms with E-state index in [1.165, 1.54) is 36.8 Å². The van der Waals surface area contributed by atoms with Crippen molar-refractivity contribution in [3.8, 4) is 0 Å². The monoisotopic (exact) mass is 524 g/mol. The fraction of sp³-hybridized carbons (Fsp3) is 0.263. The molecular weight excluding hydrogens is 508 g/mol. The number of aromatic nitrogens is 1. The maximum atomic E-state index is 12.8. The molecular formula is C19H17ClN6O8S. The van der Waals surface area contributed by atoms with Gasteiger partial charge in [0.25, 0.3) is 11.6 Å². The normalized spacial score (nSPS) is 17.0. The van der Waals surface area contributed by atoms with Crippen molar-refractivity contribution in [3.63, 3.8) is 0 Å². The van der Waals surface area contributed by atoms with Gasteiger partial charge in [-0.15, -0.1) is 22.9 Å². The second-order valence-corrected chi connectivity index (χ2v) is 7.94. The number of alkyl halides is 1. The van der Waals surface area contributed by atoms with Crippen molar-refractivity contribution >= 4 is 63.2 Å². The van der Waals surface area contributed by atoms with E-state index in [2.05, 4.69) is 30.9 Å². The number of hydrogen-bond donors (Lipinski definition) is 3. The van der Waals surface area contributed by atoms with E-state index in [-0.39, 0.29) is 34.7 Å². The van der Waals surface area contributed by atoms with Crippen LogP contribution in [0, 0.1) is 10.1 Å². The predicted octanol–water partition coefficient (Wildman–Crippen LogP) is 0.306. The van der Waals surface area contributed by atoms with E-state index in [1.54, 1.807) is 0 Å². The fourth-order valence-corrected chi connectivity index (χ4v) is 3.56. The quantitative estimate of drug-likeness (QED) is 0.0979. The number of non-ortho nitro benzene ring substituents is 1. The molecule has 0 saturated carbocycles. The van der Waals surface area contributed by atoms with Crippen LogP contribution in [0.25, 0.3) is 0 Å². The van der Waals surface area contributed by atoms with E-state index < -0.39 is 40.7 Å². The molecule has 1 saturated heterocycles. The summed E-state index contributed by atoms with van der Waals surface area (Å²) in [5.74, 6) is -3.09. The highest BCUT2D eigenvalue weighted by Gasteiger charge is 2.46. The first-order valence-corrected chi connectivity index (χ1v) is 11.1. The predicted molar refractivity (Wildman–Crippen MR) is 122 cm³/mol. The second-order valence-electron chi connectivity index (χ2n) is 6.81. The smallest absolute Gasteiger partial charge is 0.331 e. The van der Waals surface area contributed by atoms with Gasteiger partial charge in [-0.05, 0) is 17.7 Å². The van der Waals surface area contributed by atoms with Crippen LogP contribution in [-0.4, -0.2) is 64.4 Å². The van der Waals surface area contributed by atoms with Gasteiger partial charge in [0.05, 0.1) is 4.92 Å². The molecule has 3 N–H and O–H groups in total. The third kappa shape index (κ3) is 6.27. The highest BCUT2D eigenvalue weighted by Crippen LogP contribution is 2.18. The Bertz CT molecular complexity index is 1180. The summed E-state index contributed by atoms with van der Waals surface area (Å²) in [4.78, 5) is 67.4. The van der Waals surface area contributed by atoms with Crippen LogP contribution in [0.5, 0.6) is 0 Å². The summed E-state index contributed by atoms with van der Waals surface area (Å²) in [7, 11) is 1.20. The van der Waals surface area contributed by atoms with Crippen LogP contribution >= 0.6 is 22.9 Å². The average molecular weight is 525 g/mol. The Hall–Kier alpha value is -4.11. The number of oxime groups is 1. The molecule has 1 fully saturated rings. The lowest BCUT2D eigenvalue weighted by molar-refractivity contribution is -0.384. The molecule has 35 heavy (non-hydrogen) atoms. The first-order valence-electron chi connectivity index (χ1n) is 9.67. The number of carbonyl (C=O) groups excluding carboxylic acids is 4. The number of nitro groups is 1. The molecule has 0 aliphatic carbocycles. The van der Waals surface area contributed by atoms with E-state index >= 15 is 0 Å². The molecule has 184 valence electrons. The summed E-state index contributed by atoms with van der Waals surface area (Å²) in [6.45, 7) is -0.199. The molecule has 0 unspecified atom stereocenters. The number of nitrogens with zero attached hydrogens (tertiary/aromatic N) is 3. The molecule has 16 heteroatoms. The fourth-order valence-electron chi connectivity index (χ4n) is 2.78. The molecule has 0 bridgehead atoms. The highest BCUT2D eigenvalue weighted by molar-refractivity contribution is 7.14. The lowest BCUT2D eigenvalue weighted by Crippen LogP contribution is -2.72. The van der Waals surface area contributed by atoms with Gasteiger partial charge in [0.2, 0.25) is 11.8 Å². The number of hydrogen-bond acceptors (Lipinski definition) is 11. The number of amides is 3. The molecule has 3 amide bonds. The third-order valence-electron chi connectivity index (χ3n) is 4.49. The van der Waals surface area contributed by atoms with Gasteiger partial charge in [0, 0.05) is 17.5 Å². The molecule has 2 heterocycles. The number of β-lactam (4-membered cyclic amide) rings is 1. The number of esters is 1. The molecule has 2 atom stereocenters. The minimum absolute atomic E-state index is 0.0521. The number of carbonyl (C=O) groups is 4. The summed E-state index contributed by atoms with van der Waals surface area (Å²) < 4.78 is 5.14. The van der Waals surface area contributed by atoms with Crippen LogP contribution in [-0.2, 0) is 35.4 Å². The van der Waals surface area contributed by atoms with Crippen molar-refractivity contribution in [3.05, 3.63) is 51.0 Å². The summed E-state index contributed by atoms with van der Waals surface area (Å²) in [5, 5.41) is 23.1. The Morgan fingerprint density at radius 1 is 1.31 bits per heavy atom. The Morgan fingerprint density at radius 3 is 2.63 bits per heavy atom. The van der Waals surface area contributed by atoms with Gasteiger partial charge in [0.15, 0.2) is 16.9 Å². The molecule has 14 nitrogen and oxygen atoms in total. The van der Waals surface area contributed by atoms with E-state index in [0.29, 0.717) is 5.56 Å². The number of benzene rings is 1. The number of thiazole rings is 1. The van der Waals surface area contributed by atoms with Crippen LogP contribution in [0.3, 0.4) is 0 Å². The van der Waals surface area contributed by atoms with Crippen molar-refractivity contribution in [1.29, 1.82) is 0 Å². The number of nitrogens with one attached hydrogen (secondary N) is 3. The van der Waals surface area contributed by atoms with Crippen molar-refractivity contribution in [2.75, 3.05) is 18.3 Å². The number of anilines is 1. The topological polar surface area (TPSA) is 191 Å². The lowest BCUT2D eigenvalue weighted by Gasteiger charge is -2.35. The molecule has 0 spiro atoms. The van der Waals surface area contributed by atoms with Gasteiger partial charge in [-0.3, -0.25) is 24.5 Å². The van der Waals surface area contributed by atoms with Crippen molar-refractivity contribution in [1.82, 2.24) is 15.6 Å². The van der Waals surface area contributed by atoms with E-state index in [1.807, 2.05) is 0 Å². The summed E-state index contributed by atoms with van der Waals surface area (Å²) in [5.41, 5.74) is 0.130. The SMILES string of the molecule is CON=C(C(=O)N[C@@H]1C(=O)N[C@@H]1C(=O)OCc1ccc([N+](=O)[O-])cc1)c1csc(NC(=O)CCl)n1. The van der Waals surface area contributed by atoms with E-state index in [4.69, 9.17) is 16.3 Å². The van der Waals surface area contributed by atoms with Crippen LogP contribution in [0.15, 0.2) is 34.8 Å². The zero-order chi connectivity index (χ0) is 25.5. The minimum atomic E-state index is -1.25. The Kier molecular flexibility index (Phi) is 8.27. The van der Waals surface area contributed by atoms with Gasteiger partial charge >= 0.3 is 5.97 Å². The van der Waals surface area contributed by atoms with Gasteiger partial charge < -0.3 is 25.5 Å². The molecule has 0 radical (unpaired) electrons. The zero-order valence-corrected chi connectivity index (χ0v) is 19.4. The summed E-state index contributed by atoms with van der Waals surface area (Å²) in [6.07, 6.45) is 0. The minimum Gasteiger partial charge on any atom is -0.459 e. The lowest BCUT2D eigenvalue weighted by atomic mass is 9.98. The van der Waals surface area contributed by atoms with Crippen molar-refractivity contribution in [2.24, 2.45) is 5.16 Å². The van der Waals surface area contributed by atoms with Crippen LogP contribution in [0.1, 0.15) is 11.3 Å². The van der Waals surface area contributed by atoms with E-state index in [9.17, 15) is 29.3 Å². The van der Waals surface area contributed by atoms with Crippen LogP contribution in [0.4, 0.5) is 10.8 Å². The summed E-state index contributed by atoms with van der Waals surface area (Å²) >= 11 is 6.44. The van der Waals surface area contributed by atoms with Gasteiger partial charge in [-0.2, -0.15) is 0 Å². The van der Waals surface area contributed by atoms with E-state index in [0.717, 1.165) is 11.3 Å². The van der Waals surface area contributed by atoms with Crippen molar-refractivity contribution < 1.29 is 33.7 Å². The van der Waals surface area contributed by atoms with Gasteiger partial charge in [-0.1, -0.05) is 5.16 Å². The third-order valence-corrected chi connectivity index (χ3v) is 5.49. The van der Waals surface area contributed by atoms with Gasteiger partial charge in [0.1, 0.15) is 31.3 Å². The highest BCUT2D eigenvalue weighted by atomic mass is 35.5. The first kappa shape index (κ1) is 25.5. The summed E-state index contributed by atoms with van der Waals surface area (Å²) in [6, 6.07) is 2.97. The van der Waals surface area contributed by atoms with Crippen LogP contribution < -0.4 is 16.0 Å². The van der Waals surface area contributed by atoms with Crippen molar-refractivity contribution in [2.45, 2.75) is 18.7 Å². The standard InChI is InChI=1S/C19H17ClN6O8S/c1-33-25-13(11-8-35-19(21-11)22-12(27)6-20)16(28)23-14-15(24-17(14)29)18(30)34-7-9-2-4-10(5-3-9)26(31)32/h2-5,8,14-15H,6-7H2,1H3,(H,23,28)(H,24,29)(H,21,22,27)/t14-,15-/m0/s1. The number of ether oxygens (including phenoxy) is 1. The first-order chi connectivity index (χ1) is 16.7. The number of nitro benzene ring substituents is 1. The largest absolute Gasteiger partial charge is 0.459 e. The average Bonchev–Trinajstić information content (AvgIpc) is 3.30. The Labute approximate surface area is 205 Å². The molecule has 1 aromatic carbocycles. The molecule has 1 aliphatic heterocycles. The number of halogens is 1. The van der Waals surface area contributed by atoms with Crippen LogP contribution in [0.2, 0.25) is 0 Å². The Balaban J connectivity index is 1.62.